The fraction of sp³-hybridized carbons (Fsp3) is 0.625. The molecule has 0 spiro atoms. The maximum absolute atomic E-state index is 6.60. The van der Waals surface area contributed by atoms with Crippen LogP contribution < -0.4 is 14.8 Å². The Morgan fingerprint density at radius 1 is 0.950 bits per heavy atom. The molecule has 1 aromatic rings. The number of hydrogen-bond donors (Lipinski definition) is 1. The van der Waals surface area contributed by atoms with Crippen LogP contribution >= 0.6 is 11.6 Å². The van der Waals surface area contributed by atoms with Gasteiger partial charge in [0.05, 0.1) is 18.2 Å². The molecule has 20 heavy (non-hydrogen) atoms. The van der Waals surface area contributed by atoms with Crippen LogP contribution in [0.2, 0.25) is 5.02 Å². The first-order chi connectivity index (χ1) is 9.86. The van der Waals surface area contributed by atoms with Crippen LogP contribution in [-0.4, -0.2) is 19.8 Å². The van der Waals surface area contributed by atoms with Gasteiger partial charge in [-0.05, 0) is 45.1 Å². The van der Waals surface area contributed by atoms with Gasteiger partial charge in [-0.25, -0.2) is 0 Å². The maximum Gasteiger partial charge on any atom is 0.141 e. The monoisotopic (exact) mass is 293 g/mol. The lowest BCUT2D eigenvalue weighted by molar-refractivity contribution is 0.267. The largest absolute Gasteiger partial charge is 0.493 e. The van der Waals surface area contributed by atoms with Crippen LogP contribution in [0.5, 0.6) is 11.5 Å². The third-order valence-corrected chi connectivity index (χ3v) is 5.03. The molecular weight excluding hydrogens is 274 g/mol. The van der Waals surface area contributed by atoms with Crippen LogP contribution in [0.25, 0.3) is 0 Å². The third kappa shape index (κ3) is 1.91. The molecule has 0 amide bonds. The summed E-state index contributed by atoms with van der Waals surface area (Å²) in [5.41, 5.74) is 3.81. The van der Waals surface area contributed by atoms with E-state index in [0.717, 1.165) is 62.0 Å². The van der Waals surface area contributed by atoms with Crippen molar-refractivity contribution >= 4 is 11.6 Å². The van der Waals surface area contributed by atoms with E-state index in [2.05, 4.69) is 5.32 Å². The van der Waals surface area contributed by atoms with E-state index in [9.17, 15) is 0 Å². The quantitative estimate of drug-likeness (QED) is 0.861. The Hall–Kier alpha value is -0.930. The van der Waals surface area contributed by atoms with Gasteiger partial charge in [0.2, 0.25) is 0 Å². The summed E-state index contributed by atoms with van der Waals surface area (Å²) in [6, 6.07) is 0.412. The molecule has 0 saturated carbocycles. The minimum atomic E-state index is 0.412. The van der Waals surface area contributed by atoms with Gasteiger partial charge >= 0.3 is 0 Å². The Morgan fingerprint density at radius 3 is 2.45 bits per heavy atom. The van der Waals surface area contributed by atoms with Crippen LogP contribution in [0.3, 0.4) is 0 Å². The van der Waals surface area contributed by atoms with E-state index in [4.69, 9.17) is 21.1 Å². The van der Waals surface area contributed by atoms with Gasteiger partial charge in [0.15, 0.2) is 0 Å². The second-order valence-electron chi connectivity index (χ2n) is 5.90. The van der Waals surface area contributed by atoms with Crippen molar-refractivity contribution in [3.63, 3.8) is 0 Å². The van der Waals surface area contributed by atoms with Gasteiger partial charge in [0, 0.05) is 22.7 Å². The van der Waals surface area contributed by atoms with E-state index in [-0.39, 0.29) is 0 Å². The van der Waals surface area contributed by atoms with Crippen LogP contribution in [0.15, 0.2) is 0 Å². The summed E-state index contributed by atoms with van der Waals surface area (Å²) >= 11 is 6.60. The standard InChI is InChI=1S/C16H20ClNO2/c17-14-11-5-3-8-19-15(11)13(12-6-1-7-18-12)10-4-2-9-20-16(10)14/h12,18H,1-9H2. The second kappa shape index (κ2) is 5.12. The van der Waals surface area contributed by atoms with Gasteiger partial charge in [-0.3, -0.25) is 0 Å². The summed E-state index contributed by atoms with van der Waals surface area (Å²) < 4.78 is 11.9. The molecule has 1 fully saturated rings. The number of halogens is 1. The Bertz CT molecular complexity index is 501. The molecule has 108 valence electrons. The van der Waals surface area contributed by atoms with Crippen LogP contribution in [0.1, 0.15) is 48.4 Å². The molecule has 0 bridgehead atoms. The van der Waals surface area contributed by atoms with E-state index < -0.39 is 0 Å². The second-order valence-corrected chi connectivity index (χ2v) is 6.27. The van der Waals surface area contributed by atoms with Crippen molar-refractivity contribution in [2.45, 2.75) is 44.6 Å². The smallest absolute Gasteiger partial charge is 0.141 e. The zero-order valence-corrected chi connectivity index (χ0v) is 12.4. The molecule has 0 radical (unpaired) electrons. The van der Waals surface area contributed by atoms with Gasteiger partial charge in [-0.1, -0.05) is 11.6 Å². The average Bonchev–Trinajstić information content (AvgIpc) is 3.02. The number of nitrogens with one attached hydrogen (secondary N) is 1. The summed E-state index contributed by atoms with van der Waals surface area (Å²) in [5.74, 6) is 2.00. The molecule has 1 atom stereocenters. The van der Waals surface area contributed by atoms with Crippen molar-refractivity contribution in [1.82, 2.24) is 5.32 Å². The molecular formula is C16H20ClNO2. The summed E-state index contributed by atoms with van der Waals surface area (Å²) in [5, 5.41) is 4.42. The van der Waals surface area contributed by atoms with Gasteiger partial charge in [0.25, 0.3) is 0 Å². The van der Waals surface area contributed by atoms with Crippen molar-refractivity contribution in [3.05, 3.63) is 21.7 Å². The first kappa shape index (κ1) is 12.8. The van der Waals surface area contributed by atoms with Crippen molar-refractivity contribution in [3.8, 4) is 11.5 Å². The number of benzene rings is 1. The fourth-order valence-corrected chi connectivity index (χ4v) is 4.07. The Balaban J connectivity index is 1.93. The third-order valence-electron chi connectivity index (χ3n) is 4.63. The molecule has 3 nitrogen and oxygen atoms in total. The van der Waals surface area contributed by atoms with Crippen molar-refractivity contribution in [1.29, 1.82) is 0 Å². The molecule has 0 aliphatic carbocycles. The fourth-order valence-electron chi connectivity index (χ4n) is 3.72. The molecule has 3 aliphatic rings. The average molecular weight is 294 g/mol. The minimum Gasteiger partial charge on any atom is -0.493 e. The lowest BCUT2D eigenvalue weighted by atomic mass is 9.88. The minimum absolute atomic E-state index is 0.412. The van der Waals surface area contributed by atoms with Crippen molar-refractivity contribution in [2.75, 3.05) is 19.8 Å². The molecule has 1 unspecified atom stereocenters. The summed E-state index contributed by atoms with van der Waals surface area (Å²) in [4.78, 5) is 0. The molecule has 3 heterocycles. The predicted octanol–water partition coefficient (Wildman–Crippen LogP) is 3.41. The van der Waals surface area contributed by atoms with Gasteiger partial charge < -0.3 is 14.8 Å². The molecule has 4 rings (SSSR count). The van der Waals surface area contributed by atoms with E-state index >= 15 is 0 Å². The van der Waals surface area contributed by atoms with E-state index in [1.807, 2.05) is 0 Å². The first-order valence-corrected chi connectivity index (χ1v) is 8.10. The normalized spacial score (nSPS) is 24.6. The highest BCUT2D eigenvalue weighted by Crippen LogP contribution is 2.49. The van der Waals surface area contributed by atoms with Crippen molar-refractivity contribution < 1.29 is 9.47 Å². The maximum atomic E-state index is 6.60. The molecule has 1 N–H and O–H groups in total. The van der Waals surface area contributed by atoms with E-state index in [1.165, 1.54) is 29.5 Å². The summed E-state index contributed by atoms with van der Waals surface area (Å²) in [6.45, 7) is 2.68. The molecule has 4 heteroatoms. The molecule has 0 aromatic heterocycles. The Labute approximate surface area is 124 Å². The topological polar surface area (TPSA) is 30.5 Å². The molecule has 1 saturated heterocycles. The van der Waals surface area contributed by atoms with Gasteiger partial charge in [-0.2, -0.15) is 0 Å². The predicted molar refractivity (Wildman–Crippen MR) is 79.1 cm³/mol. The summed E-state index contributed by atoms with van der Waals surface area (Å²) in [6.07, 6.45) is 6.59. The number of ether oxygens (including phenoxy) is 2. The number of fused-ring (bicyclic) bond motifs is 2. The SMILES string of the molecule is Clc1c2c(c(C3CCCN3)c3c1OCCC3)OCCC2. The Kier molecular flexibility index (Phi) is 3.27. The van der Waals surface area contributed by atoms with Crippen molar-refractivity contribution in [2.24, 2.45) is 0 Å². The van der Waals surface area contributed by atoms with E-state index in [1.54, 1.807) is 0 Å². The Morgan fingerprint density at radius 2 is 1.70 bits per heavy atom. The molecule has 1 aromatic carbocycles. The zero-order valence-electron chi connectivity index (χ0n) is 11.6. The highest BCUT2D eigenvalue weighted by atomic mass is 35.5. The highest BCUT2D eigenvalue weighted by molar-refractivity contribution is 6.33. The zero-order chi connectivity index (χ0) is 13.5. The lowest BCUT2D eigenvalue weighted by Gasteiger charge is -2.31. The van der Waals surface area contributed by atoms with Crippen LogP contribution in [-0.2, 0) is 12.8 Å². The lowest BCUT2D eigenvalue weighted by Crippen LogP contribution is -2.22. The highest BCUT2D eigenvalue weighted by Gasteiger charge is 2.33. The summed E-state index contributed by atoms with van der Waals surface area (Å²) in [7, 11) is 0. The van der Waals surface area contributed by atoms with Crippen LogP contribution in [0.4, 0.5) is 0 Å². The van der Waals surface area contributed by atoms with Crippen LogP contribution in [0, 0.1) is 0 Å². The number of rotatable bonds is 1. The van der Waals surface area contributed by atoms with Gasteiger partial charge in [-0.15, -0.1) is 0 Å². The first-order valence-electron chi connectivity index (χ1n) is 7.72. The van der Waals surface area contributed by atoms with Gasteiger partial charge in [0.1, 0.15) is 11.5 Å². The number of hydrogen-bond acceptors (Lipinski definition) is 3. The molecule has 3 aliphatic heterocycles. The van der Waals surface area contributed by atoms with E-state index in [0.29, 0.717) is 6.04 Å².